The van der Waals surface area contributed by atoms with Gasteiger partial charge in [0.05, 0.1) is 27.4 Å². The van der Waals surface area contributed by atoms with E-state index in [2.05, 4.69) is 0 Å². The highest BCUT2D eigenvalue weighted by molar-refractivity contribution is 7.22. The predicted octanol–water partition coefficient (Wildman–Crippen LogP) is 1.61. The van der Waals surface area contributed by atoms with E-state index >= 15 is 0 Å². The van der Waals surface area contributed by atoms with E-state index in [9.17, 15) is 9.59 Å². The van der Waals surface area contributed by atoms with Gasteiger partial charge in [0.15, 0.2) is 0 Å². The summed E-state index contributed by atoms with van der Waals surface area (Å²) in [6.45, 7) is 0. The Bertz CT molecular complexity index is 749. The summed E-state index contributed by atoms with van der Waals surface area (Å²) in [5.41, 5.74) is 17.3. The average Bonchev–Trinajstić information content (AvgIpc) is 2.72. The number of benzene rings is 1. The third kappa shape index (κ3) is 2.19. The van der Waals surface area contributed by atoms with Crippen LogP contribution in [-0.4, -0.2) is 17.9 Å². The Hall–Kier alpha value is -2.28. The highest BCUT2D eigenvalue weighted by atomic mass is 32.1. The van der Waals surface area contributed by atoms with Crippen molar-refractivity contribution in [2.75, 3.05) is 5.73 Å². The van der Waals surface area contributed by atoms with Gasteiger partial charge >= 0.3 is 0 Å². The van der Waals surface area contributed by atoms with Crippen molar-refractivity contribution in [1.82, 2.24) is 0 Å². The van der Waals surface area contributed by atoms with E-state index in [1.807, 2.05) is 0 Å². The fourth-order valence-corrected chi connectivity index (χ4v) is 3.45. The van der Waals surface area contributed by atoms with Crippen LogP contribution >= 0.6 is 11.3 Å². The minimum Gasteiger partial charge on any atom is -0.490 e. The van der Waals surface area contributed by atoms with Gasteiger partial charge in [0.2, 0.25) is 5.91 Å². The average molecular weight is 305 g/mol. The summed E-state index contributed by atoms with van der Waals surface area (Å²) in [6, 6.07) is 3.27. The predicted molar refractivity (Wildman–Crippen MR) is 81.5 cm³/mol. The Morgan fingerprint density at radius 3 is 2.43 bits per heavy atom. The summed E-state index contributed by atoms with van der Waals surface area (Å²) in [7, 11) is 0. The number of amides is 2. The zero-order chi connectivity index (χ0) is 15.1. The second kappa shape index (κ2) is 4.92. The highest BCUT2D eigenvalue weighted by Gasteiger charge is 2.25. The molecule has 0 radical (unpaired) electrons. The first-order chi connectivity index (χ1) is 9.99. The number of ether oxygens (including phenoxy) is 1. The van der Waals surface area contributed by atoms with Gasteiger partial charge in [-0.1, -0.05) is 0 Å². The van der Waals surface area contributed by atoms with Crippen LogP contribution in [0.1, 0.15) is 39.3 Å². The van der Waals surface area contributed by atoms with Crippen molar-refractivity contribution in [1.29, 1.82) is 0 Å². The molecule has 1 heterocycles. The molecule has 3 rings (SSSR count). The first-order valence-electron chi connectivity index (χ1n) is 6.60. The zero-order valence-electron chi connectivity index (χ0n) is 11.2. The maximum Gasteiger partial charge on any atom is 0.260 e. The molecule has 1 aliphatic rings. The first-order valence-corrected chi connectivity index (χ1v) is 7.42. The molecular formula is C14H15N3O3S. The van der Waals surface area contributed by atoms with Crippen LogP contribution in [-0.2, 0) is 0 Å². The van der Waals surface area contributed by atoms with E-state index in [1.54, 1.807) is 12.1 Å². The Morgan fingerprint density at radius 2 is 1.90 bits per heavy atom. The Labute approximate surface area is 124 Å². The van der Waals surface area contributed by atoms with E-state index in [0.717, 1.165) is 30.6 Å². The second-order valence-corrected chi connectivity index (χ2v) is 6.08. The van der Waals surface area contributed by atoms with Crippen molar-refractivity contribution in [2.45, 2.75) is 25.4 Å². The molecule has 21 heavy (non-hydrogen) atoms. The molecule has 2 aromatic rings. The lowest BCUT2D eigenvalue weighted by Crippen LogP contribution is -2.24. The number of nitrogen functional groups attached to an aromatic ring is 1. The molecule has 1 aromatic carbocycles. The standard InChI is InChI=1S/C14H15N3O3S/c15-10-9-8(20-6-2-1-3-6)5-4-7(13(16)18)11(9)21-12(10)14(17)19/h4-6H,1-3,15H2,(H2,16,18)(H2,17,19). The zero-order valence-corrected chi connectivity index (χ0v) is 12.0. The maximum absolute atomic E-state index is 11.5. The molecule has 0 bridgehead atoms. The minimum atomic E-state index is -0.626. The number of rotatable bonds is 4. The molecule has 7 heteroatoms. The third-order valence-electron chi connectivity index (χ3n) is 3.67. The lowest BCUT2D eigenvalue weighted by atomic mass is 9.96. The van der Waals surface area contributed by atoms with Crippen LogP contribution in [0.4, 0.5) is 5.69 Å². The normalized spacial score (nSPS) is 14.9. The van der Waals surface area contributed by atoms with Gasteiger partial charge in [-0.25, -0.2) is 0 Å². The van der Waals surface area contributed by atoms with Gasteiger partial charge in [-0.2, -0.15) is 0 Å². The van der Waals surface area contributed by atoms with Gasteiger partial charge in [0.1, 0.15) is 10.6 Å². The van der Waals surface area contributed by atoms with Gasteiger partial charge in [-0.3, -0.25) is 9.59 Å². The summed E-state index contributed by atoms with van der Waals surface area (Å²) >= 11 is 1.07. The number of carbonyl (C=O) groups excluding carboxylic acids is 2. The molecular weight excluding hydrogens is 290 g/mol. The van der Waals surface area contributed by atoms with Crippen LogP contribution in [0.2, 0.25) is 0 Å². The van der Waals surface area contributed by atoms with Crippen molar-refractivity contribution in [3.63, 3.8) is 0 Å². The number of primary amides is 2. The molecule has 1 aromatic heterocycles. The van der Waals surface area contributed by atoms with E-state index in [1.165, 1.54) is 0 Å². The maximum atomic E-state index is 11.5. The van der Waals surface area contributed by atoms with Crippen molar-refractivity contribution in [3.8, 4) is 5.75 Å². The van der Waals surface area contributed by atoms with Gasteiger partial charge in [-0.15, -0.1) is 11.3 Å². The molecule has 0 unspecified atom stereocenters. The fourth-order valence-electron chi connectivity index (χ4n) is 2.34. The Morgan fingerprint density at radius 1 is 1.19 bits per heavy atom. The molecule has 0 spiro atoms. The fraction of sp³-hybridized carbons (Fsp3) is 0.286. The van der Waals surface area contributed by atoms with Crippen molar-refractivity contribution < 1.29 is 14.3 Å². The molecule has 1 saturated carbocycles. The van der Waals surface area contributed by atoms with Gasteiger partial charge < -0.3 is 21.9 Å². The summed E-state index contributed by atoms with van der Waals surface area (Å²) in [4.78, 5) is 23.2. The van der Waals surface area contributed by atoms with Crippen molar-refractivity contribution in [2.24, 2.45) is 11.5 Å². The number of hydrogen-bond donors (Lipinski definition) is 3. The molecule has 110 valence electrons. The van der Waals surface area contributed by atoms with Crippen molar-refractivity contribution in [3.05, 3.63) is 22.6 Å². The Balaban J connectivity index is 2.22. The van der Waals surface area contributed by atoms with Crippen LogP contribution in [0.25, 0.3) is 10.1 Å². The van der Waals surface area contributed by atoms with Gasteiger partial charge in [0.25, 0.3) is 5.91 Å². The largest absolute Gasteiger partial charge is 0.490 e. The van der Waals surface area contributed by atoms with Gasteiger partial charge in [-0.05, 0) is 31.4 Å². The van der Waals surface area contributed by atoms with Gasteiger partial charge in [0, 0.05) is 0 Å². The number of anilines is 1. The molecule has 6 nitrogen and oxygen atoms in total. The summed E-state index contributed by atoms with van der Waals surface area (Å²) in [5, 5.41) is 0.553. The van der Waals surface area contributed by atoms with E-state index in [4.69, 9.17) is 21.9 Å². The van der Waals surface area contributed by atoms with Crippen LogP contribution in [0.3, 0.4) is 0 Å². The first kappa shape index (κ1) is 13.7. The van der Waals surface area contributed by atoms with Crippen LogP contribution in [0.15, 0.2) is 12.1 Å². The Kier molecular flexibility index (Phi) is 3.21. The van der Waals surface area contributed by atoms with Crippen LogP contribution < -0.4 is 21.9 Å². The quantitative estimate of drug-likeness (QED) is 0.794. The smallest absolute Gasteiger partial charge is 0.260 e. The molecule has 0 aliphatic heterocycles. The number of fused-ring (bicyclic) bond motifs is 1. The summed E-state index contributed by atoms with van der Waals surface area (Å²) in [6.07, 6.45) is 3.28. The third-order valence-corrected chi connectivity index (χ3v) is 4.93. The van der Waals surface area contributed by atoms with Crippen molar-refractivity contribution >= 4 is 38.9 Å². The summed E-state index contributed by atoms with van der Waals surface area (Å²) < 4.78 is 6.44. The summed E-state index contributed by atoms with van der Waals surface area (Å²) in [5.74, 6) is -0.632. The number of carbonyl (C=O) groups is 2. The molecule has 2 amide bonds. The molecule has 1 aliphatic carbocycles. The van der Waals surface area contributed by atoms with Crippen LogP contribution in [0.5, 0.6) is 5.75 Å². The monoisotopic (exact) mass is 305 g/mol. The molecule has 1 fully saturated rings. The number of hydrogen-bond acceptors (Lipinski definition) is 5. The van der Waals surface area contributed by atoms with E-state index < -0.39 is 11.8 Å². The minimum absolute atomic E-state index is 0.156. The molecule has 6 N–H and O–H groups in total. The van der Waals surface area contributed by atoms with Crippen LogP contribution in [0, 0.1) is 0 Å². The topological polar surface area (TPSA) is 121 Å². The molecule has 0 atom stereocenters. The number of thiophene rings is 1. The SMILES string of the molecule is NC(=O)c1sc2c(C(N)=O)ccc(OC3CCC3)c2c1N. The highest BCUT2D eigenvalue weighted by Crippen LogP contribution is 2.42. The lowest BCUT2D eigenvalue weighted by Gasteiger charge is -2.27. The second-order valence-electron chi connectivity index (χ2n) is 5.06. The van der Waals surface area contributed by atoms with E-state index in [-0.39, 0.29) is 16.7 Å². The van der Waals surface area contributed by atoms with E-state index in [0.29, 0.717) is 21.4 Å². The lowest BCUT2D eigenvalue weighted by molar-refractivity contribution is 0.0994. The molecule has 0 saturated heterocycles. The number of nitrogens with two attached hydrogens (primary N) is 3.